The lowest BCUT2D eigenvalue weighted by atomic mass is 10.4. The van der Waals surface area contributed by atoms with Gasteiger partial charge in [-0.2, -0.15) is 0 Å². The van der Waals surface area contributed by atoms with Crippen molar-refractivity contribution < 1.29 is 33.7 Å². The van der Waals surface area contributed by atoms with E-state index in [0.717, 1.165) is 13.1 Å². The molecule has 9 heavy (non-hydrogen) atoms. The molecule has 0 radical (unpaired) electrons. The molecule has 4 heteroatoms. The summed E-state index contributed by atoms with van der Waals surface area (Å²) in [5, 5.41) is 2.75. The topological polar surface area (TPSA) is 33.5 Å². The molecule has 0 spiro atoms. The highest BCUT2D eigenvalue weighted by Gasteiger charge is 2.13. The Balaban J connectivity index is 0.000000640. The van der Waals surface area contributed by atoms with E-state index in [1.54, 1.807) is 0 Å². The number of carbonyl (C=O) groups is 1. The van der Waals surface area contributed by atoms with Gasteiger partial charge in [0.15, 0.2) is 6.54 Å². The van der Waals surface area contributed by atoms with Crippen LogP contribution in [0.2, 0.25) is 0 Å². The smallest absolute Gasteiger partial charge is 0.275 e. The average molecular weight is 242 g/mol. The van der Waals surface area contributed by atoms with E-state index >= 15 is 0 Å². The van der Waals surface area contributed by atoms with Crippen LogP contribution in [0.25, 0.3) is 0 Å². The molecular formula is C5H11IN2O. The first-order valence-electron chi connectivity index (χ1n) is 2.87. The third kappa shape index (κ3) is 3.00. The third-order valence-electron chi connectivity index (χ3n) is 1.34. The van der Waals surface area contributed by atoms with Gasteiger partial charge in [-0.3, -0.25) is 4.79 Å². The van der Waals surface area contributed by atoms with Crippen LogP contribution in [-0.2, 0) is 4.79 Å². The fourth-order valence-electron chi connectivity index (χ4n) is 0.840. The number of halogens is 1. The van der Waals surface area contributed by atoms with E-state index in [-0.39, 0.29) is 29.9 Å². The fourth-order valence-corrected chi connectivity index (χ4v) is 0.840. The van der Waals surface area contributed by atoms with Gasteiger partial charge in [0.05, 0.1) is 20.1 Å². The summed E-state index contributed by atoms with van der Waals surface area (Å²) >= 11 is 0. The molecule has 1 fully saturated rings. The lowest BCUT2D eigenvalue weighted by molar-refractivity contribution is -0.872. The monoisotopic (exact) mass is 242 g/mol. The molecular weight excluding hydrogens is 231 g/mol. The zero-order chi connectivity index (χ0) is 5.98. The molecule has 1 atom stereocenters. The Morgan fingerprint density at radius 2 is 2.33 bits per heavy atom. The number of carbonyl (C=O) groups excluding carboxylic acids is 1. The molecule has 3 nitrogen and oxygen atoms in total. The molecule has 2 N–H and O–H groups in total. The van der Waals surface area contributed by atoms with Crippen LogP contribution in [0, 0.1) is 0 Å². The first kappa shape index (κ1) is 9.16. The minimum Gasteiger partial charge on any atom is -1.00 e. The van der Waals surface area contributed by atoms with Crippen molar-refractivity contribution in [1.29, 1.82) is 0 Å². The fraction of sp³-hybridized carbons (Fsp3) is 0.800. The van der Waals surface area contributed by atoms with E-state index in [9.17, 15) is 4.79 Å². The molecule has 54 valence electrons. The standard InChI is InChI=1S/C5H10N2O.HI/c1-7-3-2-6-5(8)4-7;/h2-4H2,1H3,(H,6,8);1H. The van der Waals surface area contributed by atoms with Gasteiger partial charge in [0.2, 0.25) is 0 Å². The Bertz CT molecular complexity index is 107. The molecule has 1 aliphatic rings. The van der Waals surface area contributed by atoms with Crippen LogP contribution in [0.3, 0.4) is 0 Å². The van der Waals surface area contributed by atoms with Gasteiger partial charge in [-0.25, -0.2) is 0 Å². The van der Waals surface area contributed by atoms with E-state index in [4.69, 9.17) is 0 Å². The number of amides is 1. The number of piperazine rings is 1. The molecule has 1 amide bonds. The van der Waals surface area contributed by atoms with Crippen LogP contribution in [0.4, 0.5) is 0 Å². The van der Waals surface area contributed by atoms with Gasteiger partial charge < -0.3 is 34.2 Å². The van der Waals surface area contributed by atoms with Gasteiger partial charge in [0, 0.05) is 0 Å². The first-order valence-corrected chi connectivity index (χ1v) is 2.87. The first-order chi connectivity index (χ1) is 3.79. The number of rotatable bonds is 0. The van der Waals surface area contributed by atoms with Crippen LogP contribution in [0.1, 0.15) is 0 Å². The van der Waals surface area contributed by atoms with Gasteiger partial charge in [-0.1, -0.05) is 0 Å². The molecule has 0 aliphatic carbocycles. The summed E-state index contributed by atoms with van der Waals surface area (Å²) in [6.45, 7) is 2.54. The molecule has 1 rings (SSSR count). The quantitative estimate of drug-likeness (QED) is 0.409. The molecule has 0 aromatic heterocycles. The Kier molecular flexibility index (Phi) is 4.12. The van der Waals surface area contributed by atoms with Crippen molar-refractivity contribution in [1.82, 2.24) is 5.32 Å². The van der Waals surface area contributed by atoms with Crippen LogP contribution in [-0.4, -0.2) is 32.6 Å². The highest BCUT2D eigenvalue weighted by molar-refractivity contribution is 5.77. The molecule has 1 heterocycles. The van der Waals surface area contributed by atoms with Crippen LogP contribution < -0.4 is 34.2 Å². The number of nitrogens with one attached hydrogen (secondary N) is 2. The van der Waals surface area contributed by atoms with Gasteiger partial charge in [0.25, 0.3) is 5.91 Å². The van der Waals surface area contributed by atoms with E-state index in [1.807, 2.05) is 7.05 Å². The second-order valence-corrected chi connectivity index (χ2v) is 2.23. The summed E-state index contributed by atoms with van der Waals surface area (Å²) in [4.78, 5) is 11.8. The van der Waals surface area contributed by atoms with Crippen molar-refractivity contribution in [2.75, 3.05) is 26.7 Å². The number of hydrogen-bond acceptors (Lipinski definition) is 1. The van der Waals surface area contributed by atoms with Crippen LogP contribution in [0.15, 0.2) is 0 Å². The minimum absolute atomic E-state index is 0. The average Bonchev–Trinajstić information content (AvgIpc) is 1.64. The maximum atomic E-state index is 10.5. The summed E-state index contributed by atoms with van der Waals surface area (Å²) < 4.78 is 0. The lowest BCUT2D eigenvalue weighted by Gasteiger charge is -2.18. The second-order valence-electron chi connectivity index (χ2n) is 2.23. The number of hydrogen-bond donors (Lipinski definition) is 2. The Labute approximate surface area is 71.8 Å². The molecule has 0 aromatic rings. The summed E-state index contributed by atoms with van der Waals surface area (Å²) in [7, 11) is 2.03. The van der Waals surface area contributed by atoms with Crippen molar-refractivity contribution in [2.45, 2.75) is 0 Å². The molecule has 1 saturated heterocycles. The maximum Gasteiger partial charge on any atom is 0.275 e. The summed E-state index contributed by atoms with van der Waals surface area (Å²) in [6.07, 6.45) is 0. The van der Waals surface area contributed by atoms with E-state index in [0.29, 0.717) is 6.54 Å². The molecule has 0 bridgehead atoms. The van der Waals surface area contributed by atoms with Crippen molar-refractivity contribution in [3.63, 3.8) is 0 Å². The summed E-state index contributed by atoms with van der Waals surface area (Å²) in [5.41, 5.74) is 0. The molecule has 1 unspecified atom stereocenters. The molecule has 0 saturated carbocycles. The van der Waals surface area contributed by atoms with E-state index in [2.05, 4.69) is 5.32 Å². The van der Waals surface area contributed by atoms with Crippen molar-refractivity contribution in [3.8, 4) is 0 Å². The van der Waals surface area contributed by atoms with Crippen molar-refractivity contribution >= 4 is 5.91 Å². The Morgan fingerprint density at radius 1 is 1.67 bits per heavy atom. The highest BCUT2D eigenvalue weighted by atomic mass is 127. The third-order valence-corrected chi connectivity index (χ3v) is 1.34. The SMILES string of the molecule is C[NH+]1CCNC(=O)C1.[I-]. The van der Waals surface area contributed by atoms with E-state index in [1.165, 1.54) is 4.90 Å². The number of likely N-dealkylation sites (N-methyl/N-ethyl adjacent to an activating group) is 1. The second kappa shape index (κ2) is 4.05. The minimum atomic E-state index is 0. The zero-order valence-electron chi connectivity index (χ0n) is 5.41. The van der Waals surface area contributed by atoms with Crippen LogP contribution in [0.5, 0.6) is 0 Å². The Hall–Kier alpha value is 0.160. The zero-order valence-corrected chi connectivity index (χ0v) is 7.57. The normalized spacial score (nSPS) is 26.3. The van der Waals surface area contributed by atoms with Gasteiger partial charge in [0.1, 0.15) is 0 Å². The predicted molar refractivity (Wildman–Crippen MR) is 29.6 cm³/mol. The van der Waals surface area contributed by atoms with Crippen molar-refractivity contribution in [3.05, 3.63) is 0 Å². The van der Waals surface area contributed by atoms with Gasteiger partial charge >= 0.3 is 0 Å². The van der Waals surface area contributed by atoms with Gasteiger partial charge in [-0.05, 0) is 0 Å². The van der Waals surface area contributed by atoms with Gasteiger partial charge in [-0.15, -0.1) is 0 Å². The maximum absolute atomic E-state index is 10.5. The number of quaternary nitrogens is 1. The highest BCUT2D eigenvalue weighted by Crippen LogP contribution is 1.63. The predicted octanol–water partition coefficient (Wildman–Crippen LogP) is -5.37. The molecule has 1 aliphatic heterocycles. The Morgan fingerprint density at radius 3 is 2.67 bits per heavy atom. The largest absolute Gasteiger partial charge is 1.00 e. The lowest BCUT2D eigenvalue weighted by Crippen LogP contribution is -3.12. The summed E-state index contributed by atoms with van der Waals surface area (Å²) in [5.74, 6) is 0.175. The molecule has 0 aromatic carbocycles. The summed E-state index contributed by atoms with van der Waals surface area (Å²) in [6, 6.07) is 0. The van der Waals surface area contributed by atoms with Crippen molar-refractivity contribution in [2.24, 2.45) is 0 Å². The van der Waals surface area contributed by atoms with Crippen LogP contribution >= 0.6 is 0 Å². The van der Waals surface area contributed by atoms with E-state index < -0.39 is 0 Å².